The fraction of sp³-hybridized carbons (Fsp3) is 0.462. The molecule has 0 saturated heterocycles. The van der Waals surface area contributed by atoms with Crippen LogP contribution in [0.15, 0.2) is 18.2 Å². The molecule has 3 heteroatoms. The van der Waals surface area contributed by atoms with Gasteiger partial charge >= 0.3 is 0 Å². The maximum Gasteiger partial charge on any atom is 0.136 e. The molecule has 0 heterocycles. The number of hydrogen-bond donors (Lipinski definition) is 0. The molecule has 86 valence electrons. The van der Waals surface area contributed by atoms with Crippen molar-refractivity contribution in [1.82, 2.24) is 0 Å². The predicted octanol–water partition coefficient (Wildman–Crippen LogP) is 2.88. The second-order valence-corrected chi connectivity index (χ2v) is 3.55. The Kier molecular flexibility index (Phi) is 5.38. The lowest BCUT2D eigenvalue weighted by atomic mass is 10.1. The van der Waals surface area contributed by atoms with Crippen LogP contribution in [0.5, 0.6) is 5.75 Å². The average Bonchev–Trinajstić information content (AvgIpc) is 2.34. The van der Waals surface area contributed by atoms with Crippen LogP contribution in [0.1, 0.15) is 30.9 Å². The molecular formula is C13H17NO2. The van der Waals surface area contributed by atoms with E-state index in [1.54, 1.807) is 13.2 Å². The third-order valence-electron chi connectivity index (χ3n) is 2.30. The summed E-state index contributed by atoms with van der Waals surface area (Å²) in [6.45, 7) is 3.45. The number of methoxy groups -OCH3 is 1. The molecule has 0 atom stereocenters. The van der Waals surface area contributed by atoms with Gasteiger partial charge in [0.15, 0.2) is 0 Å². The summed E-state index contributed by atoms with van der Waals surface area (Å²) in [5.74, 6) is 0.611. The Labute approximate surface area is 96.6 Å². The third kappa shape index (κ3) is 3.56. The van der Waals surface area contributed by atoms with Crippen LogP contribution < -0.4 is 4.74 Å². The molecule has 0 saturated carbocycles. The highest BCUT2D eigenvalue weighted by molar-refractivity contribution is 5.45. The van der Waals surface area contributed by atoms with Crippen LogP contribution in [-0.2, 0) is 11.3 Å². The summed E-state index contributed by atoms with van der Waals surface area (Å²) in [7, 11) is 1.56. The Balaban J connectivity index is 2.58. The molecule has 0 aliphatic carbocycles. The van der Waals surface area contributed by atoms with Crippen molar-refractivity contribution in [3.63, 3.8) is 0 Å². The van der Waals surface area contributed by atoms with E-state index in [1.165, 1.54) is 0 Å². The maximum atomic E-state index is 8.91. The van der Waals surface area contributed by atoms with Gasteiger partial charge in [-0.2, -0.15) is 5.26 Å². The van der Waals surface area contributed by atoms with E-state index in [4.69, 9.17) is 14.7 Å². The van der Waals surface area contributed by atoms with Crippen molar-refractivity contribution in [2.24, 2.45) is 0 Å². The molecule has 1 rings (SSSR count). The molecule has 0 unspecified atom stereocenters. The van der Waals surface area contributed by atoms with Gasteiger partial charge in [0, 0.05) is 6.61 Å². The number of hydrogen-bond acceptors (Lipinski definition) is 3. The number of benzene rings is 1. The molecular weight excluding hydrogens is 202 g/mol. The third-order valence-corrected chi connectivity index (χ3v) is 2.30. The highest BCUT2D eigenvalue weighted by Crippen LogP contribution is 2.19. The largest absolute Gasteiger partial charge is 0.495 e. The number of rotatable bonds is 6. The molecule has 0 radical (unpaired) electrons. The summed E-state index contributed by atoms with van der Waals surface area (Å²) in [6.07, 6.45) is 2.20. The molecule has 3 nitrogen and oxygen atoms in total. The summed E-state index contributed by atoms with van der Waals surface area (Å²) in [4.78, 5) is 0. The number of ether oxygens (including phenoxy) is 2. The van der Waals surface area contributed by atoms with E-state index in [1.807, 2.05) is 12.1 Å². The first-order chi connectivity index (χ1) is 7.81. The van der Waals surface area contributed by atoms with E-state index in [0.717, 1.165) is 25.0 Å². The predicted molar refractivity (Wildman–Crippen MR) is 62.3 cm³/mol. The zero-order valence-corrected chi connectivity index (χ0v) is 9.82. The standard InChI is InChI=1S/C13H17NO2/c1-3-4-7-16-10-11-5-6-13(15-2)12(8-11)9-14/h5-6,8H,3-4,7,10H2,1-2H3. The lowest BCUT2D eigenvalue weighted by molar-refractivity contribution is 0.118. The van der Waals surface area contributed by atoms with E-state index >= 15 is 0 Å². The number of nitriles is 1. The van der Waals surface area contributed by atoms with Crippen LogP contribution in [-0.4, -0.2) is 13.7 Å². The molecule has 0 bridgehead atoms. The SMILES string of the molecule is CCCCOCc1ccc(OC)c(C#N)c1. The van der Waals surface area contributed by atoms with Gasteiger partial charge in [-0.15, -0.1) is 0 Å². The van der Waals surface area contributed by atoms with Crippen molar-refractivity contribution in [3.05, 3.63) is 29.3 Å². The fourth-order valence-electron chi connectivity index (χ4n) is 1.37. The van der Waals surface area contributed by atoms with Gasteiger partial charge in [0.1, 0.15) is 11.8 Å². The van der Waals surface area contributed by atoms with Gasteiger partial charge in [-0.05, 0) is 24.1 Å². The zero-order chi connectivity index (χ0) is 11.8. The van der Waals surface area contributed by atoms with E-state index in [-0.39, 0.29) is 0 Å². The highest BCUT2D eigenvalue weighted by Gasteiger charge is 2.03. The van der Waals surface area contributed by atoms with E-state index in [2.05, 4.69) is 13.0 Å². The van der Waals surface area contributed by atoms with Crippen molar-refractivity contribution in [2.75, 3.05) is 13.7 Å². The smallest absolute Gasteiger partial charge is 0.136 e. The van der Waals surface area contributed by atoms with Crippen LogP contribution in [0.25, 0.3) is 0 Å². The average molecular weight is 219 g/mol. The van der Waals surface area contributed by atoms with Gasteiger partial charge in [-0.1, -0.05) is 19.4 Å². The first kappa shape index (κ1) is 12.5. The summed E-state index contributed by atoms with van der Waals surface area (Å²) in [6, 6.07) is 7.64. The van der Waals surface area contributed by atoms with E-state index in [0.29, 0.717) is 17.9 Å². The van der Waals surface area contributed by atoms with Crippen molar-refractivity contribution in [3.8, 4) is 11.8 Å². The topological polar surface area (TPSA) is 42.2 Å². The Bertz CT molecular complexity index is 369. The lowest BCUT2D eigenvalue weighted by Crippen LogP contribution is -1.96. The van der Waals surface area contributed by atoms with Crippen molar-refractivity contribution >= 4 is 0 Å². The number of nitrogens with zero attached hydrogens (tertiary/aromatic N) is 1. The normalized spacial score (nSPS) is 9.81. The molecule has 0 amide bonds. The Morgan fingerprint density at radius 3 is 2.81 bits per heavy atom. The van der Waals surface area contributed by atoms with Crippen LogP contribution in [0, 0.1) is 11.3 Å². The van der Waals surface area contributed by atoms with E-state index < -0.39 is 0 Å². The number of unbranched alkanes of at least 4 members (excludes halogenated alkanes) is 1. The minimum Gasteiger partial charge on any atom is -0.495 e. The first-order valence-corrected chi connectivity index (χ1v) is 5.46. The second kappa shape index (κ2) is 6.86. The fourth-order valence-corrected chi connectivity index (χ4v) is 1.37. The van der Waals surface area contributed by atoms with Gasteiger partial charge in [0.05, 0.1) is 19.3 Å². The Morgan fingerprint density at radius 2 is 2.19 bits per heavy atom. The highest BCUT2D eigenvalue weighted by atomic mass is 16.5. The van der Waals surface area contributed by atoms with Gasteiger partial charge in [-0.25, -0.2) is 0 Å². The minimum atomic E-state index is 0.554. The van der Waals surface area contributed by atoms with Crippen molar-refractivity contribution < 1.29 is 9.47 Å². The van der Waals surface area contributed by atoms with Crippen LogP contribution >= 0.6 is 0 Å². The second-order valence-electron chi connectivity index (χ2n) is 3.55. The molecule has 0 aliphatic heterocycles. The lowest BCUT2D eigenvalue weighted by Gasteiger charge is -2.06. The van der Waals surface area contributed by atoms with Crippen LogP contribution in [0.4, 0.5) is 0 Å². The van der Waals surface area contributed by atoms with E-state index in [9.17, 15) is 0 Å². The quantitative estimate of drug-likeness (QED) is 0.691. The van der Waals surface area contributed by atoms with Gasteiger partial charge in [-0.3, -0.25) is 0 Å². The molecule has 0 fully saturated rings. The van der Waals surface area contributed by atoms with Crippen molar-refractivity contribution in [2.45, 2.75) is 26.4 Å². The zero-order valence-electron chi connectivity index (χ0n) is 9.82. The molecule has 0 spiro atoms. The monoisotopic (exact) mass is 219 g/mol. The summed E-state index contributed by atoms with van der Waals surface area (Å²) < 4.78 is 10.6. The summed E-state index contributed by atoms with van der Waals surface area (Å²) in [5, 5.41) is 8.91. The van der Waals surface area contributed by atoms with Crippen LogP contribution in [0.2, 0.25) is 0 Å². The van der Waals surface area contributed by atoms with Gasteiger partial charge in [0.2, 0.25) is 0 Å². The van der Waals surface area contributed by atoms with Gasteiger partial charge < -0.3 is 9.47 Å². The Morgan fingerprint density at radius 1 is 1.38 bits per heavy atom. The summed E-state index contributed by atoms with van der Waals surface area (Å²) >= 11 is 0. The van der Waals surface area contributed by atoms with Crippen molar-refractivity contribution in [1.29, 1.82) is 5.26 Å². The molecule has 1 aromatic carbocycles. The summed E-state index contributed by atoms with van der Waals surface area (Å²) in [5.41, 5.74) is 1.56. The molecule has 0 aliphatic rings. The maximum absolute atomic E-state index is 8.91. The Hall–Kier alpha value is -1.53. The molecule has 0 N–H and O–H groups in total. The van der Waals surface area contributed by atoms with Gasteiger partial charge in [0.25, 0.3) is 0 Å². The first-order valence-electron chi connectivity index (χ1n) is 5.46. The molecule has 0 aromatic heterocycles. The molecule has 1 aromatic rings. The minimum absolute atomic E-state index is 0.554. The van der Waals surface area contributed by atoms with Crippen LogP contribution in [0.3, 0.4) is 0 Å². The molecule has 16 heavy (non-hydrogen) atoms.